The highest BCUT2D eigenvalue weighted by Gasteiger charge is 2.14. The Morgan fingerprint density at radius 3 is 2.71 bits per heavy atom. The first-order valence-corrected chi connectivity index (χ1v) is 5.35. The lowest BCUT2D eigenvalue weighted by molar-refractivity contribution is 0.0983. The number of aromatic nitrogens is 2. The zero-order valence-corrected chi connectivity index (χ0v) is 9.77. The van der Waals surface area contributed by atoms with E-state index < -0.39 is 0 Å². The van der Waals surface area contributed by atoms with E-state index in [2.05, 4.69) is 5.10 Å². The normalized spacial score (nSPS) is 10.5. The van der Waals surface area contributed by atoms with Crippen LogP contribution in [0.4, 0.5) is 4.39 Å². The number of halogens is 1. The second kappa shape index (κ2) is 4.49. The number of carbonyl (C=O) groups excluding carboxylic acids is 1. The maximum Gasteiger partial charge on any atom is 0.185 e. The van der Waals surface area contributed by atoms with E-state index in [1.807, 2.05) is 6.92 Å². The molecule has 1 aromatic heterocycles. The smallest absolute Gasteiger partial charge is 0.185 e. The van der Waals surface area contributed by atoms with E-state index in [0.717, 1.165) is 5.69 Å². The van der Waals surface area contributed by atoms with Gasteiger partial charge in [-0.1, -0.05) is 18.2 Å². The highest BCUT2D eigenvalue weighted by atomic mass is 19.1. The third-order valence-corrected chi connectivity index (χ3v) is 2.60. The van der Waals surface area contributed by atoms with Gasteiger partial charge >= 0.3 is 0 Å². The van der Waals surface area contributed by atoms with Crippen LogP contribution in [-0.4, -0.2) is 15.6 Å². The van der Waals surface area contributed by atoms with Gasteiger partial charge in [0.1, 0.15) is 11.5 Å². The molecule has 0 bridgehead atoms. The minimum absolute atomic E-state index is 0.0612. The molecular formula is C13H13FN2O. The Balaban J connectivity index is 2.23. The van der Waals surface area contributed by atoms with Gasteiger partial charge in [-0.3, -0.25) is 9.48 Å². The summed E-state index contributed by atoms with van der Waals surface area (Å²) in [6, 6.07) is 8.02. The van der Waals surface area contributed by atoms with Crippen LogP contribution in [0.2, 0.25) is 0 Å². The van der Waals surface area contributed by atoms with Crippen molar-refractivity contribution < 1.29 is 9.18 Å². The maximum atomic E-state index is 13.4. The average Bonchev–Trinajstić information content (AvgIpc) is 2.61. The maximum absolute atomic E-state index is 13.4. The molecule has 0 radical (unpaired) electrons. The first-order chi connectivity index (χ1) is 8.08. The number of aryl methyl sites for hydroxylation is 2. The third kappa shape index (κ3) is 2.41. The molecule has 0 N–H and O–H groups in total. The minimum atomic E-state index is -0.347. The van der Waals surface area contributed by atoms with Crippen LogP contribution in [0.1, 0.15) is 21.7 Å². The molecule has 0 amide bonds. The number of hydrogen-bond acceptors (Lipinski definition) is 2. The Morgan fingerprint density at radius 1 is 1.41 bits per heavy atom. The number of Topliss-reactive ketones (excluding diaryl/α,β-unsaturated/α-hetero) is 1. The molecule has 2 aromatic rings. The lowest BCUT2D eigenvalue weighted by Gasteiger charge is -2.02. The predicted molar refractivity (Wildman–Crippen MR) is 62.4 cm³/mol. The van der Waals surface area contributed by atoms with Gasteiger partial charge in [-0.25, -0.2) is 4.39 Å². The average molecular weight is 232 g/mol. The summed E-state index contributed by atoms with van der Waals surface area (Å²) in [4.78, 5) is 12.0. The van der Waals surface area contributed by atoms with E-state index in [4.69, 9.17) is 0 Å². The van der Waals surface area contributed by atoms with Crippen molar-refractivity contribution in [3.05, 3.63) is 53.1 Å². The standard InChI is InChI=1S/C13H13FN2O/c1-9-7-12(16(2)15-9)13(17)8-10-5-3-4-6-11(10)14/h3-7H,8H2,1-2H3. The molecule has 0 aliphatic heterocycles. The van der Waals surface area contributed by atoms with Gasteiger partial charge in [0.2, 0.25) is 0 Å². The van der Waals surface area contributed by atoms with E-state index in [1.54, 1.807) is 31.3 Å². The molecule has 0 aliphatic rings. The van der Waals surface area contributed by atoms with Crippen LogP contribution in [-0.2, 0) is 13.5 Å². The van der Waals surface area contributed by atoms with Crippen molar-refractivity contribution >= 4 is 5.78 Å². The Labute approximate surface area is 98.9 Å². The summed E-state index contributed by atoms with van der Waals surface area (Å²) in [5.41, 5.74) is 1.70. The Kier molecular flexibility index (Phi) is 3.04. The molecule has 0 saturated heterocycles. The summed E-state index contributed by atoms with van der Waals surface area (Å²) in [6.07, 6.45) is 0.0612. The van der Waals surface area contributed by atoms with Crippen molar-refractivity contribution in [1.29, 1.82) is 0 Å². The fraction of sp³-hybridized carbons (Fsp3) is 0.231. The molecule has 0 fully saturated rings. The van der Waals surface area contributed by atoms with Crippen molar-refractivity contribution in [2.75, 3.05) is 0 Å². The topological polar surface area (TPSA) is 34.9 Å². The number of hydrogen-bond donors (Lipinski definition) is 0. The molecule has 0 spiro atoms. The molecule has 0 unspecified atom stereocenters. The number of ketones is 1. The molecule has 88 valence electrons. The predicted octanol–water partition coefficient (Wildman–Crippen LogP) is 2.29. The second-order valence-electron chi connectivity index (χ2n) is 3.99. The van der Waals surface area contributed by atoms with Crippen LogP contribution >= 0.6 is 0 Å². The van der Waals surface area contributed by atoms with Gasteiger partial charge in [-0.05, 0) is 24.6 Å². The Hall–Kier alpha value is -1.97. The zero-order chi connectivity index (χ0) is 12.4. The largest absolute Gasteiger partial charge is 0.292 e. The minimum Gasteiger partial charge on any atom is -0.292 e. The van der Waals surface area contributed by atoms with E-state index in [-0.39, 0.29) is 18.0 Å². The summed E-state index contributed by atoms with van der Waals surface area (Å²) in [6.45, 7) is 1.82. The molecule has 4 heteroatoms. The fourth-order valence-electron chi connectivity index (χ4n) is 1.78. The second-order valence-corrected chi connectivity index (χ2v) is 3.99. The van der Waals surface area contributed by atoms with Gasteiger partial charge in [0.25, 0.3) is 0 Å². The summed E-state index contributed by atoms with van der Waals surface area (Å²) in [7, 11) is 1.71. The van der Waals surface area contributed by atoms with Crippen LogP contribution in [0.15, 0.2) is 30.3 Å². The van der Waals surface area contributed by atoms with Crippen molar-refractivity contribution in [2.24, 2.45) is 7.05 Å². The summed E-state index contributed by atoms with van der Waals surface area (Å²) < 4.78 is 14.9. The molecule has 1 heterocycles. The van der Waals surface area contributed by atoms with Crippen LogP contribution in [0.3, 0.4) is 0 Å². The van der Waals surface area contributed by atoms with Crippen molar-refractivity contribution in [3.63, 3.8) is 0 Å². The van der Waals surface area contributed by atoms with Crippen LogP contribution < -0.4 is 0 Å². The first kappa shape index (κ1) is 11.5. The van der Waals surface area contributed by atoms with Crippen molar-refractivity contribution in [1.82, 2.24) is 9.78 Å². The van der Waals surface area contributed by atoms with Gasteiger partial charge in [0, 0.05) is 13.5 Å². The van der Waals surface area contributed by atoms with Gasteiger partial charge in [0.05, 0.1) is 5.69 Å². The van der Waals surface area contributed by atoms with E-state index in [1.165, 1.54) is 10.7 Å². The SMILES string of the molecule is Cc1cc(C(=O)Cc2ccccc2F)n(C)n1. The number of rotatable bonds is 3. The Bertz CT molecular complexity index is 560. The number of nitrogens with zero attached hydrogens (tertiary/aromatic N) is 2. The number of benzene rings is 1. The fourth-order valence-corrected chi connectivity index (χ4v) is 1.78. The zero-order valence-electron chi connectivity index (χ0n) is 9.77. The highest BCUT2D eigenvalue weighted by Crippen LogP contribution is 2.11. The summed E-state index contributed by atoms with van der Waals surface area (Å²) >= 11 is 0. The van der Waals surface area contributed by atoms with Crippen LogP contribution in [0, 0.1) is 12.7 Å². The van der Waals surface area contributed by atoms with E-state index in [0.29, 0.717) is 11.3 Å². The lowest BCUT2D eigenvalue weighted by atomic mass is 10.1. The summed E-state index contributed by atoms with van der Waals surface area (Å²) in [5, 5.41) is 4.10. The Morgan fingerprint density at radius 2 is 2.12 bits per heavy atom. The monoisotopic (exact) mass is 232 g/mol. The molecule has 17 heavy (non-hydrogen) atoms. The molecule has 3 nitrogen and oxygen atoms in total. The lowest BCUT2D eigenvalue weighted by Crippen LogP contribution is -2.10. The summed E-state index contributed by atoms with van der Waals surface area (Å²) in [5.74, 6) is -0.474. The molecule has 2 rings (SSSR count). The van der Waals surface area contributed by atoms with Gasteiger partial charge in [0.15, 0.2) is 5.78 Å². The van der Waals surface area contributed by atoms with Gasteiger partial charge in [-0.15, -0.1) is 0 Å². The highest BCUT2D eigenvalue weighted by molar-refractivity contribution is 5.96. The quantitative estimate of drug-likeness (QED) is 0.761. The van der Waals surface area contributed by atoms with E-state index >= 15 is 0 Å². The molecule has 0 atom stereocenters. The van der Waals surface area contributed by atoms with Crippen molar-refractivity contribution in [2.45, 2.75) is 13.3 Å². The van der Waals surface area contributed by atoms with Crippen LogP contribution in [0.5, 0.6) is 0 Å². The molecular weight excluding hydrogens is 219 g/mol. The van der Waals surface area contributed by atoms with Gasteiger partial charge in [-0.2, -0.15) is 5.10 Å². The van der Waals surface area contributed by atoms with Gasteiger partial charge < -0.3 is 0 Å². The third-order valence-electron chi connectivity index (χ3n) is 2.60. The molecule has 1 aromatic carbocycles. The van der Waals surface area contributed by atoms with E-state index in [9.17, 15) is 9.18 Å². The first-order valence-electron chi connectivity index (χ1n) is 5.35. The van der Waals surface area contributed by atoms with Crippen LogP contribution in [0.25, 0.3) is 0 Å². The van der Waals surface area contributed by atoms with Crippen molar-refractivity contribution in [3.8, 4) is 0 Å². The molecule has 0 aliphatic carbocycles. The number of carbonyl (C=O) groups is 1. The molecule has 0 saturated carbocycles.